The number of anilines is 1. The van der Waals surface area contributed by atoms with Gasteiger partial charge in [-0.05, 0) is 12.5 Å². The van der Waals surface area contributed by atoms with Crippen LogP contribution in [0.25, 0.3) is 5.95 Å². The van der Waals surface area contributed by atoms with E-state index in [1.807, 2.05) is 0 Å². The van der Waals surface area contributed by atoms with Crippen molar-refractivity contribution >= 4 is 17.7 Å². The Morgan fingerprint density at radius 2 is 2.24 bits per heavy atom. The van der Waals surface area contributed by atoms with Crippen molar-refractivity contribution in [1.29, 1.82) is 0 Å². The topological polar surface area (TPSA) is 103 Å². The van der Waals surface area contributed by atoms with Gasteiger partial charge in [-0.25, -0.2) is 4.68 Å². The highest BCUT2D eigenvalue weighted by atomic mass is 32.2. The van der Waals surface area contributed by atoms with Crippen LogP contribution in [0.2, 0.25) is 0 Å². The highest BCUT2D eigenvalue weighted by molar-refractivity contribution is 7.99. The number of nitrogens with two attached hydrogens (primary N) is 1. The predicted octanol–water partition coefficient (Wildman–Crippen LogP) is 0.114. The second-order valence-corrected chi connectivity index (χ2v) is 4.21. The van der Waals surface area contributed by atoms with E-state index in [0.717, 1.165) is 5.75 Å². The molecule has 90 valence electrons. The number of nitrogens with zero attached hydrogens (tertiary/aromatic N) is 5. The van der Waals surface area contributed by atoms with Crippen molar-refractivity contribution in [3.05, 3.63) is 18.5 Å². The summed E-state index contributed by atoms with van der Waals surface area (Å²) in [5.74, 6) is 1.30. The molecule has 3 N–H and O–H groups in total. The Morgan fingerprint density at radius 3 is 2.94 bits per heavy atom. The van der Waals surface area contributed by atoms with Gasteiger partial charge in [0.25, 0.3) is 5.95 Å². The first-order chi connectivity index (χ1) is 8.29. The van der Waals surface area contributed by atoms with Crippen molar-refractivity contribution in [3.63, 3.8) is 0 Å². The van der Waals surface area contributed by atoms with Gasteiger partial charge in [-0.1, -0.05) is 11.8 Å². The fraction of sp³-hybridized carbons (Fsp3) is 0.333. The third kappa shape index (κ3) is 3.14. The van der Waals surface area contributed by atoms with Crippen LogP contribution in [-0.2, 0) is 0 Å². The van der Waals surface area contributed by atoms with Crippen LogP contribution < -0.4 is 5.73 Å². The number of aliphatic hydroxyl groups excluding tert-OH is 1. The molecule has 0 amide bonds. The molecule has 8 heteroatoms. The molecule has 0 saturated carbocycles. The fourth-order valence-corrected chi connectivity index (χ4v) is 1.90. The van der Waals surface area contributed by atoms with E-state index in [1.165, 1.54) is 16.4 Å². The summed E-state index contributed by atoms with van der Waals surface area (Å²) >= 11 is 1.43. The van der Waals surface area contributed by atoms with Gasteiger partial charge in [0, 0.05) is 24.8 Å². The monoisotopic (exact) mass is 252 g/mol. The summed E-state index contributed by atoms with van der Waals surface area (Å²) < 4.78 is 1.52. The van der Waals surface area contributed by atoms with Crippen LogP contribution >= 0.6 is 11.8 Å². The van der Waals surface area contributed by atoms with Gasteiger partial charge in [0.05, 0.1) is 0 Å². The smallest absolute Gasteiger partial charge is 0.256 e. The molecule has 0 aliphatic carbocycles. The van der Waals surface area contributed by atoms with Crippen LogP contribution in [0.1, 0.15) is 6.42 Å². The standard InChI is InChI=1S/C9H12N6OS/c10-7-12-8(15-4-1-3-11-15)14-9(13-7)17-6-2-5-16/h1,3-4,16H,2,5-6H2,(H2,10,12,13,14). The molecule has 0 aromatic carbocycles. The number of thioether (sulfide) groups is 1. The van der Waals surface area contributed by atoms with Crippen molar-refractivity contribution < 1.29 is 5.11 Å². The zero-order valence-corrected chi connectivity index (χ0v) is 9.84. The van der Waals surface area contributed by atoms with Gasteiger partial charge in [-0.2, -0.15) is 20.1 Å². The third-order valence-electron chi connectivity index (χ3n) is 1.86. The Kier molecular flexibility index (Phi) is 3.89. The molecule has 0 radical (unpaired) electrons. The Labute approximate surface area is 102 Å². The van der Waals surface area contributed by atoms with Crippen molar-refractivity contribution in [3.8, 4) is 5.95 Å². The minimum atomic E-state index is 0.152. The molecule has 2 heterocycles. The van der Waals surface area contributed by atoms with E-state index in [-0.39, 0.29) is 12.6 Å². The van der Waals surface area contributed by atoms with Gasteiger partial charge in [0.15, 0.2) is 5.16 Å². The summed E-state index contributed by atoms with van der Waals surface area (Å²) in [4.78, 5) is 12.2. The highest BCUT2D eigenvalue weighted by Crippen LogP contribution is 2.15. The van der Waals surface area contributed by atoms with Gasteiger partial charge in [0.1, 0.15) is 0 Å². The molecule has 0 atom stereocenters. The molecule has 0 bridgehead atoms. The maximum absolute atomic E-state index is 8.70. The average molecular weight is 252 g/mol. The summed E-state index contributed by atoms with van der Waals surface area (Å²) in [6, 6.07) is 1.78. The van der Waals surface area contributed by atoms with Gasteiger partial charge in [-0.3, -0.25) is 0 Å². The van der Waals surface area contributed by atoms with Gasteiger partial charge in [0.2, 0.25) is 5.95 Å². The van der Waals surface area contributed by atoms with Crippen molar-refractivity contribution in [2.45, 2.75) is 11.6 Å². The first-order valence-electron chi connectivity index (χ1n) is 5.05. The lowest BCUT2D eigenvalue weighted by Crippen LogP contribution is -2.07. The van der Waals surface area contributed by atoms with Gasteiger partial charge >= 0.3 is 0 Å². The first kappa shape index (κ1) is 11.8. The number of nitrogen functional groups attached to an aromatic ring is 1. The quantitative estimate of drug-likeness (QED) is 0.575. The summed E-state index contributed by atoms with van der Waals surface area (Å²) in [7, 11) is 0. The van der Waals surface area contributed by atoms with E-state index < -0.39 is 0 Å². The maximum Gasteiger partial charge on any atom is 0.256 e. The van der Waals surface area contributed by atoms with E-state index in [4.69, 9.17) is 10.8 Å². The van der Waals surface area contributed by atoms with E-state index in [0.29, 0.717) is 17.5 Å². The fourth-order valence-electron chi connectivity index (χ4n) is 1.14. The first-order valence-corrected chi connectivity index (χ1v) is 6.03. The van der Waals surface area contributed by atoms with Gasteiger partial charge < -0.3 is 10.8 Å². The summed E-state index contributed by atoms with van der Waals surface area (Å²) in [5, 5.41) is 13.3. The van der Waals surface area contributed by atoms with Crippen LogP contribution in [0.15, 0.2) is 23.6 Å². The molecular weight excluding hydrogens is 240 g/mol. The second kappa shape index (κ2) is 5.60. The molecular formula is C9H12N6OS. The lowest BCUT2D eigenvalue weighted by atomic mass is 10.5. The Balaban J connectivity index is 2.18. The molecule has 0 aliphatic heterocycles. The average Bonchev–Trinajstić information content (AvgIpc) is 2.82. The minimum Gasteiger partial charge on any atom is -0.396 e. The zero-order chi connectivity index (χ0) is 12.1. The van der Waals surface area contributed by atoms with Crippen LogP contribution in [0, 0.1) is 0 Å². The van der Waals surface area contributed by atoms with E-state index in [9.17, 15) is 0 Å². The van der Waals surface area contributed by atoms with E-state index >= 15 is 0 Å². The van der Waals surface area contributed by atoms with Crippen LogP contribution in [0.5, 0.6) is 0 Å². The van der Waals surface area contributed by atoms with Crippen LogP contribution in [0.3, 0.4) is 0 Å². The number of hydrogen-bond acceptors (Lipinski definition) is 7. The molecule has 0 fully saturated rings. The zero-order valence-electron chi connectivity index (χ0n) is 9.02. The second-order valence-electron chi connectivity index (χ2n) is 3.15. The molecule has 17 heavy (non-hydrogen) atoms. The Hall–Kier alpha value is -1.67. The third-order valence-corrected chi connectivity index (χ3v) is 2.80. The summed E-state index contributed by atoms with van der Waals surface area (Å²) in [6.45, 7) is 0.152. The van der Waals surface area contributed by atoms with Crippen molar-refractivity contribution in [1.82, 2.24) is 24.7 Å². The lowest BCUT2D eigenvalue weighted by molar-refractivity contribution is 0.296. The Morgan fingerprint density at radius 1 is 1.35 bits per heavy atom. The molecule has 0 saturated heterocycles. The lowest BCUT2D eigenvalue weighted by Gasteiger charge is -2.03. The SMILES string of the molecule is Nc1nc(SCCCO)nc(-n2cccn2)n1. The maximum atomic E-state index is 8.70. The van der Waals surface area contributed by atoms with E-state index in [2.05, 4.69) is 20.1 Å². The van der Waals surface area contributed by atoms with Crippen LogP contribution in [-0.4, -0.2) is 42.2 Å². The molecule has 0 unspecified atom stereocenters. The molecule has 2 aromatic rings. The Bertz CT molecular complexity index is 474. The molecule has 0 spiro atoms. The van der Waals surface area contributed by atoms with Crippen LogP contribution in [0.4, 0.5) is 5.95 Å². The number of aromatic nitrogens is 5. The number of hydrogen-bond donors (Lipinski definition) is 2. The van der Waals surface area contributed by atoms with Gasteiger partial charge in [-0.15, -0.1) is 0 Å². The summed E-state index contributed by atoms with van der Waals surface area (Å²) in [5.41, 5.74) is 5.60. The highest BCUT2D eigenvalue weighted by Gasteiger charge is 2.06. The molecule has 0 aliphatic rings. The molecule has 2 rings (SSSR count). The minimum absolute atomic E-state index is 0.152. The number of rotatable bonds is 5. The predicted molar refractivity (Wildman–Crippen MR) is 63.8 cm³/mol. The molecule has 2 aromatic heterocycles. The van der Waals surface area contributed by atoms with Crippen molar-refractivity contribution in [2.24, 2.45) is 0 Å². The molecule has 7 nitrogen and oxygen atoms in total. The normalized spacial score (nSPS) is 10.6. The summed E-state index contributed by atoms with van der Waals surface area (Å²) in [6.07, 6.45) is 4.06. The van der Waals surface area contributed by atoms with E-state index in [1.54, 1.807) is 18.5 Å². The largest absolute Gasteiger partial charge is 0.396 e. The number of aliphatic hydroxyl groups is 1. The van der Waals surface area contributed by atoms with Crippen molar-refractivity contribution in [2.75, 3.05) is 18.1 Å².